The number of methoxy groups -OCH3 is 2. The van der Waals surface area contributed by atoms with Crippen LogP contribution in [0.2, 0.25) is 0 Å². The van der Waals surface area contributed by atoms with Gasteiger partial charge in [-0.15, -0.1) is 11.8 Å². The molecule has 0 bridgehead atoms. The van der Waals surface area contributed by atoms with Crippen LogP contribution >= 0.6 is 11.8 Å². The molecule has 10 nitrogen and oxygen atoms in total. The third-order valence-electron chi connectivity index (χ3n) is 4.07. The maximum Gasteiger partial charge on any atom is 0.337 e. The molecule has 2 amide bonds. The highest BCUT2D eigenvalue weighted by molar-refractivity contribution is 8.00. The van der Waals surface area contributed by atoms with Crippen LogP contribution < -0.4 is 10.6 Å². The van der Waals surface area contributed by atoms with Gasteiger partial charge in [-0.3, -0.25) is 9.59 Å². The van der Waals surface area contributed by atoms with E-state index in [1.54, 1.807) is 6.92 Å². The van der Waals surface area contributed by atoms with Crippen LogP contribution in [0, 0.1) is 0 Å². The van der Waals surface area contributed by atoms with Gasteiger partial charge in [0.1, 0.15) is 6.04 Å². The molecule has 1 fully saturated rings. The fraction of sp³-hybridized carbons (Fsp3) is 0.421. The molecule has 0 saturated carbocycles. The zero-order valence-electron chi connectivity index (χ0n) is 16.7. The number of carbonyl (C=O) groups excluding carboxylic acids is 5. The summed E-state index contributed by atoms with van der Waals surface area (Å²) in [6.07, 6.45) is -0.165. The highest BCUT2D eigenvalue weighted by Gasteiger charge is 2.34. The SMILES string of the molecule is CCOC(=O)[C@@H]1CS[C@@H](CC(=O)Nc2cc(C(=O)OC)cc(C(=O)OC)c2)C(=O)N1. The zero-order chi connectivity index (χ0) is 22.3. The molecule has 2 atom stereocenters. The number of amides is 2. The summed E-state index contributed by atoms with van der Waals surface area (Å²) in [5.74, 6) is -2.57. The first kappa shape index (κ1) is 23.2. The van der Waals surface area contributed by atoms with Gasteiger partial charge in [0.2, 0.25) is 11.8 Å². The Hall–Kier alpha value is -3.08. The van der Waals surface area contributed by atoms with Crippen molar-refractivity contribution in [2.45, 2.75) is 24.6 Å². The van der Waals surface area contributed by atoms with E-state index in [2.05, 4.69) is 20.1 Å². The maximum atomic E-state index is 12.4. The summed E-state index contributed by atoms with van der Waals surface area (Å²) < 4.78 is 14.2. The molecule has 11 heteroatoms. The summed E-state index contributed by atoms with van der Waals surface area (Å²) in [7, 11) is 2.38. The van der Waals surface area contributed by atoms with Gasteiger partial charge in [-0.25, -0.2) is 14.4 Å². The quantitative estimate of drug-likeness (QED) is 0.467. The third-order valence-corrected chi connectivity index (χ3v) is 5.38. The Morgan fingerprint density at radius 2 is 1.70 bits per heavy atom. The summed E-state index contributed by atoms with van der Waals surface area (Å²) in [6, 6.07) is 3.23. The van der Waals surface area contributed by atoms with Gasteiger partial charge >= 0.3 is 17.9 Å². The molecule has 30 heavy (non-hydrogen) atoms. The van der Waals surface area contributed by atoms with E-state index in [9.17, 15) is 24.0 Å². The van der Waals surface area contributed by atoms with Crippen molar-refractivity contribution in [1.82, 2.24) is 5.32 Å². The minimum atomic E-state index is -0.749. The van der Waals surface area contributed by atoms with E-state index in [1.165, 1.54) is 44.2 Å². The Balaban J connectivity index is 2.05. The molecule has 1 aliphatic heterocycles. The van der Waals surface area contributed by atoms with Gasteiger partial charge < -0.3 is 24.8 Å². The molecule has 2 rings (SSSR count). The number of hydrogen-bond donors (Lipinski definition) is 2. The zero-order valence-corrected chi connectivity index (χ0v) is 17.5. The van der Waals surface area contributed by atoms with E-state index in [0.717, 1.165) is 0 Å². The molecule has 1 aromatic carbocycles. The fourth-order valence-electron chi connectivity index (χ4n) is 2.67. The van der Waals surface area contributed by atoms with Crippen molar-refractivity contribution in [3.05, 3.63) is 29.3 Å². The van der Waals surface area contributed by atoms with E-state index in [-0.39, 0.29) is 35.6 Å². The monoisotopic (exact) mass is 438 g/mol. The molecule has 1 aromatic rings. The molecule has 0 aliphatic carbocycles. The van der Waals surface area contributed by atoms with Crippen molar-refractivity contribution in [3.63, 3.8) is 0 Å². The first-order valence-electron chi connectivity index (χ1n) is 8.99. The van der Waals surface area contributed by atoms with E-state index in [4.69, 9.17) is 4.74 Å². The van der Waals surface area contributed by atoms with Crippen LogP contribution in [0.3, 0.4) is 0 Å². The Kier molecular flexibility index (Phi) is 8.22. The highest BCUT2D eigenvalue weighted by atomic mass is 32.2. The predicted octanol–water partition coefficient (Wildman–Crippen LogP) is 0.752. The van der Waals surface area contributed by atoms with Crippen LogP contribution in [-0.4, -0.2) is 67.6 Å². The lowest BCUT2D eigenvalue weighted by Crippen LogP contribution is -2.51. The summed E-state index contributed by atoms with van der Waals surface area (Å²) in [5, 5.41) is 4.42. The highest BCUT2D eigenvalue weighted by Crippen LogP contribution is 2.23. The van der Waals surface area contributed by atoms with Crippen LogP contribution in [0.25, 0.3) is 0 Å². The van der Waals surface area contributed by atoms with Gasteiger partial charge in [0.25, 0.3) is 0 Å². The normalized spacial score (nSPS) is 18.0. The Labute approximate surface area is 177 Å². The van der Waals surface area contributed by atoms with Crippen molar-refractivity contribution in [3.8, 4) is 0 Å². The van der Waals surface area contributed by atoms with Gasteiger partial charge in [-0.05, 0) is 25.1 Å². The number of ether oxygens (including phenoxy) is 3. The number of nitrogens with one attached hydrogen (secondary N) is 2. The van der Waals surface area contributed by atoms with Crippen LogP contribution in [-0.2, 0) is 28.6 Å². The van der Waals surface area contributed by atoms with E-state index in [1.807, 2.05) is 0 Å². The van der Waals surface area contributed by atoms with E-state index in [0.29, 0.717) is 0 Å². The predicted molar refractivity (Wildman–Crippen MR) is 107 cm³/mol. The second-order valence-electron chi connectivity index (χ2n) is 6.17. The van der Waals surface area contributed by atoms with Gasteiger partial charge in [-0.1, -0.05) is 0 Å². The van der Waals surface area contributed by atoms with Crippen LogP contribution in [0.1, 0.15) is 34.1 Å². The molecule has 0 unspecified atom stereocenters. The lowest BCUT2D eigenvalue weighted by atomic mass is 10.1. The van der Waals surface area contributed by atoms with Crippen molar-refractivity contribution in [2.24, 2.45) is 0 Å². The summed E-state index contributed by atoms with van der Waals surface area (Å²) in [6.45, 7) is 1.88. The second kappa shape index (κ2) is 10.6. The standard InChI is InChI=1S/C19H22N2O8S/c1-4-29-19(26)13-9-30-14(16(23)21-13)8-15(22)20-12-6-10(17(24)27-2)5-11(7-12)18(25)28-3/h5-7,13-14H,4,8-9H2,1-3H3,(H,20,22)(H,21,23)/t13-,14-/m0/s1. The van der Waals surface area contributed by atoms with E-state index < -0.39 is 41.0 Å². The number of thioether (sulfide) groups is 1. The largest absolute Gasteiger partial charge is 0.465 e. The van der Waals surface area contributed by atoms with Crippen molar-refractivity contribution < 1.29 is 38.2 Å². The van der Waals surface area contributed by atoms with Crippen molar-refractivity contribution in [1.29, 1.82) is 0 Å². The maximum absolute atomic E-state index is 12.4. The molecule has 1 saturated heterocycles. The smallest absolute Gasteiger partial charge is 0.337 e. The fourth-order valence-corrected chi connectivity index (χ4v) is 3.80. The summed E-state index contributed by atoms with van der Waals surface area (Å²) in [5.41, 5.74) is 0.282. The van der Waals surface area contributed by atoms with Gasteiger partial charge in [-0.2, -0.15) is 0 Å². The number of rotatable bonds is 7. The molecule has 1 heterocycles. The first-order valence-corrected chi connectivity index (χ1v) is 10.0. The Morgan fingerprint density at radius 1 is 1.10 bits per heavy atom. The Morgan fingerprint density at radius 3 is 2.20 bits per heavy atom. The number of anilines is 1. The van der Waals surface area contributed by atoms with Gasteiger partial charge in [0.05, 0.1) is 37.2 Å². The number of esters is 3. The lowest BCUT2D eigenvalue weighted by Gasteiger charge is -2.27. The molecular weight excluding hydrogens is 416 g/mol. The number of carbonyl (C=O) groups is 5. The third kappa shape index (κ3) is 5.96. The minimum Gasteiger partial charge on any atom is -0.465 e. The first-order chi connectivity index (χ1) is 14.3. The van der Waals surface area contributed by atoms with Crippen LogP contribution in [0.4, 0.5) is 5.69 Å². The van der Waals surface area contributed by atoms with Gasteiger partial charge in [0, 0.05) is 17.9 Å². The summed E-state index contributed by atoms with van der Waals surface area (Å²) in [4.78, 5) is 60.0. The Bertz CT molecular complexity index is 823. The topological polar surface area (TPSA) is 137 Å². The average molecular weight is 438 g/mol. The molecule has 0 aromatic heterocycles. The average Bonchev–Trinajstić information content (AvgIpc) is 2.73. The number of hydrogen-bond acceptors (Lipinski definition) is 9. The van der Waals surface area contributed by atoms with Crippen LogP contribution in [0.15, 0.2) is 18.2 Å². The summed E-state index contributed by atoms with van der Waals surface area (Å²) >= 11 is 1.17. The van der Waals surface area contributed by atoms with Crippen molar-refractivity contribution in [2.75, 3.05) is 31.9 Å². The molecular formula is C19H22N2O8S. The minimum absolute atomic E-state index is 0.0535. The number of benzene rings is 1. The van der Waals surface area contributed by atoms with E-state index >= 15 is 0 Å². The van der Waals surface area contributed by atoms with Crippen molar-refractivity contribution >= 4 is 47.2 Å². The van der Waals surface area contributed by atoms with Crippen LogP contribution in [0.5, 0.6) is 0 Å². The van der Waals surface area contributed by atoms with Gasteiger partial charge in [0.15, 0.2) is 0 Å². The molecule has 1 aliphatic rings. The second-order valence-corrected chi connectivity index (χ2v) is 7.41. The molecule has 0 spiro atoms. The lowest BCUT2D eigenvalue weighted by molar-refractivity contribution is -0.146. The molecule has 162 valence electrons. The molecule has 2 N–H and O–H groups in total. The molecule has 0 radical (unpaired) electrons.